The molecule has 0 aromatic heterocycles. The van der Waals surface area contributed by atoms with E-state index in [-0.39, 0.29) is 28.7 Å². The van der Waals surface area contributed by atoms with Crippen molar-refractivity contribution in [2.24, 2.45) is 4.99 Å². The summed E-state index contributed by atoms with van der Waals surface area (Å²) in [6.07, 6.45) is 6.83. The van der Waals surface area contributed by atoms with Crippen molar-refractivity contribution >= 4 is 41.7 Å². The SMILES string of the molecule is CCNC(=NCC1(SC)CCOCC1)NC1CCCN(Cc2ccccc2)C1.I. The zero-order chi connectivity index (χ0) is 19.7. The van der Waals surface area contributed by atoms with Crippen LogP contribution in [0.2, 0.25) is 0 Å². The van der Waals surface area contributed by atoms with Gasteiger partial charge in [0.25, 0.3) is 0 Å². The minimum atomic E-state index is 0. The molecule has 2 fully saturated rings. The molecule has 2 heterocycles. The third-order valence-electron chi connectivity index (χ3n) is 5.80. The molecule has 1 unspecified atom stereocenters. The zero-order valence-electron chi connectivity index (χ0n) is 17.9. The second-order valence-electron chi connectivity index (χ2n) is 7.90. The molecule has 2 saturated heterocycles. The fourth-order valence-corrected chi connectivity index (χ4v) is 4.83. The Bertz CT molecular complexity index is 610. The Labute approximate surface area is 197 Å². The van der Waals surface area contributed by atoms with Crippen molar-refractivity contribution in [1.29, 1.82) is 0 Å². The van der Waals surface area contributed by atoms with Gasteiger partial charge in [-0.15, -0.1) is 24.0 Å². The van der Waals surface area contributed by atoms with E-state index in [1.54, 1.807) is 0 Å². The average Bonchev–Trinajstić information content (AvgIpc) is 2.74. The molecular formula is C22H37IN4OS. The lowest BCUT2D eigenvalue weighted by Crippen LogP contribution is -2.51. The molecule has 0 spiro atoms. The second-order valence-corrected chi connectivity index (χ2v) is 9.17. The Morgan fingerprint density at radius 2 is 2.03 bits per heavy atom. The molecule has 7 heteroatoms. The van der Waals surface area contributed by atoms with Gasteiger partial charge in [-0.05, 0) is 51.0 Å². The van der Waals surface area contributed by atoms with Crippen LogP contribution in [0.4, 0.5) is 0 Å². The summed E-state index contributed by atoms with van der Waals surface area (Å²) >= 11 is 1.95. The molecule has 2 aliphatic rings. The van der Waals surface area contributed by atoms with Gasteiger partial charge in [0.15, 0.2) is 5.96 Å². The van der Waals surface area contributed by atoms with E-state index < -0.39 is 0 Å². The molecule has 1 aromatic carbocycles. The van der Waals surface area contributed by atoms with E-state index in [9.17, 15) is 0 Å². The standard InChI is InChI=1S/C22H36N4OS.HI/c1-3-23-21(24-18-22(28-2)11-14-27-15-12-22)25-20-10-7-13-26(17-20)16-19-8-5-4-6-9-19;/h4-6,8-9,20H,3,7,10-18H2,1-2H3,(H2,23,24,25);1H. The highest BCUT2D eigenvalue weighted by Gasteiger charge is 2.31. The number of nitrogens with zero attached hydrogens (tertiary/aromatic N) is 2. The molecule has 0 saturated carbocycles. The molecule has 0 bridgehead atoms. The number of ether oxygens (including phenoxy) is 1. The minimum absolute atomic E-state index is 0. The molecule has 1 aromatic rings. The summed E-state index contributed by atoms with van der Waals surface area (Å²) in [6.45, 7) is 8.88. The first-order valence-electron chi connectivity index (χ1n) is 10.7. The summed E-state index contributed by atoms with van der Waals surface area (Å²) in [5.74, 6) is 0.967. The molecule has 0 radical (unpaired) electrons. The molecule has 29 heavy (non-hydrogen) atoms. The first-order valence-corrected chi connectivity index (χ1v) is 11.9. The number of thioether (sulfide) groups is 1. The van der Waals surface area contributed by atoms with Gasteiger partial charge in [-0.25, -0.2) is 0 Å². The quantitative estimate of drug-likeness (QED) is 0.319. The number of rotatable bonds is 7. The smallest absolute Gasteiger partial charge is 0.191 e. The van der Waals surface area contributed by atoms with Crippen LogP contribution in [-0.4, -0.2) is 67.3 Å². The fraction of sp³-hybridized carbons (Fsp3) is 0.682. The van der Waals surface area contributed by atoms with Crippen LogP contribution in [0, 0.1) is 0 Å². The molecule has 164 valence electrons. The summed E-state index contributed by atoms with van der Waals surface area (Å²) < 4.78 is 5.79. The second kappa shape index (κ2) is 13.0. The van der Waals surface area contributed by atoms with Gasteiger partial charge in [-0.1, -0.05) is 30.3 Å². The monoisotopic (exact) mass is 532 g/mol. The van der Waals surface area contributed by atoms with Gasteiger partial charge in [0, 0.05) is 43.6 Å². The number of hydrogen-bond donors (Lipinski definition) is 2. The van der Waals surface area contributed by atoms with E-state index >= 15 is 0 Å². The maximum atomic E-state index is 5.56. The molecule has 2 aliphatic heterocycles. The minimum Gasteiger partial charge on any atom is -0.381 e. The van der Waals surface area contributed by atoms with Gasteiger partial charge in [0.2, 0.25) is 0 Å². The van der Waals surface area contributed by atoms with E-state index in [4.69, 9.17) is 9.73 Å². The first kappa shape index (κ1) is 24.8. The number of halogens is 1. The Balaban J connectivity index is 0.00000300. The molecule has 3 rings (SSSR count). The molecule has 1 atom stereocenters. The van der Waals surface area contributed by atoms with E-state index in [0.29, 0.717) is 6.04 Å². The third kappa shape index (κ3) is 7.92. The van der Waals surface area contributed by atoms with Crippen molar-refractivity contribution < 1.29 is 4.74 Å². The number of nitrogens with one attached hydrogen (secondary N) is 2. The predicted molar refractivity (Wildman–Crippen MR) is 136 cm³/mol. The van der Waals surface area contributed by atoms with Gasteiger partial charge >= 0.3 is 0 Å². The van der Waals surface area contributed by atoms with Gasteiger partial charge in [0.05, 0.1) is 6.54 Å². The number of aliphatic imine (C=N–C) groups is 1. The lowest BCUT2D eigenvalue weighted by Gasteiger charge is -2.35. The van der Waals surface area contributed by atoms with Gasteiger partial charge in [0.1, 0.15) is 0 Å². The first-order chi connectivity index (χ1) is 13.7. The summed E-state index contributed by atoms with van der Waals surface area (Å²) in [7, 11) is 0. The van der Waals surface area contributed by atoms with Crippen LogP contribution in [-0.2, 0) is 11.3 Å². The molecular weight excluding hydrogens is 495 g/mol. The summed E-state index contributed by atoms with van der Waals surface area (Å²) in [5, 5.41) is 7.17. The van der Waals surface area contributed by atoms with Crippen LogP contribution in [0.25, 0.3) is 0 Å². The Hall–Kier alpha value is -0.510. The number of piperidine rings is 1. The highest BCUT2D eigenvalue weighted by atomic mass is 127. The van der Waals surface area contributed by atoms with Crippen LogP contribution < -0.4 is 10.6 Å². The molecule has 0 aliphatic carbocycles. The topological polar surface area (TPSA) is 48.9 Å². The van der Waals surface area contributed by atoms with Crippen molar-refractivity contribution in [2.75, 3.05) is 45.6 Å². The number of benzene rings is 1. The van der Waals surface area contributed by atoms with E-state index in [0.717, 1.165) is 58.2 Å². The lowest BCUT2D eigenvalue weighted by atomic mass is 9.99. The molecule has 2 N–H and O–H groups in total. The summed E-state index contributed by atoms with van der Waals surface area (Å²) in [4.78, 5) is 7.54. The molecule has 5 nitrogen and oxygen atoms in total. The van der Waals surface area contributed by atoms with Crippen molar-refractivity contribution in [3.63, 3.8) is 0 Å². The van der Waals surface area contributed by atoms with E-state index in [1.807, 2.05) is 11.8 Å². The predicted octanol–water partition coefficient (Wildman–Crippen LogP) is 3.74. The van der Waals surface area contributed by atoms with Crippen LogP contribution >= 0.6 is 35.7 Å². The van der Waals surface area contributed by atoms with Crippen molar-refractivity contribution in [3.8, 4) is 0 Å². The van der Waals surface area contributed by atoms with Crippen LogP contribution in [0.5, 0.6) is 0 Å². The maximum absolute atomic E-state index is 5.56. The van der Waals surface area contributed by atoms with E-state index in [2.05, 4.69) is 59.0 Å². The van der Waals surface area contributed by atoms with Gasteiger partial charge < -0.3 is 15.4 Å². The molecule has 0 amide bonds. The van der Waals surface area contributed by atoms with Crippen LogP contribution in [0.15, 0.2) is 35.3 Å². The number of hydrogen-bond acceptors (Lipinski definition) is 4. The third-order valence-corrected chi connectivity index (χ3v) is 7.21. The van der Waals surface area contributed by atoms with Crippen molar-refractivity contribution in [2.45, 2.75) is 49.9 Å². The Morgan fingerprint density at radius 3 is 2.72 bits per heavy atom. The van der Waals surface area contributed by atoms with Gasteiger partial charge in [-0.3, -0.25) is 9.89 Å². The van der Waals surface area contributed by atoms with Crippen molar-refractivity contribution in [1.82, 2.24) is 15.5 Å². The summed E-state index contributed by atoms with van der Waals surface area (Å²) in [6, 6.07) is 11.2. The largest absolute Gasteiger partial charge is 0.381 e. The average molecular weight is 533 g/mol. The Kier molecular flexibility index (Phi) is 11.1. The highest BCUT2D eigenvalue weighted by molar-refractivity contribution is 14.0. The maximum Gasteiger partial charge on any atom is 0.191 e. The zero-order valence-corrected chi connectivity index (χ0v) is 21.0. The highest BCUT2D eigenvalue weighted by Crippen LogP contribution is 2.34. The van der Waals surface area contributed by atoms with Crippen molar-refractivity contribution in [3.05, 3.63) is 35.9 Å². The number of guanidine groups is 1. The number of likely N-dealkylation sites (tertiary alicyclic amines) is 1. The lowest BCUT2D eigenvalue weighted by molar-refractivity contribution is 0.0794. The van der Waals surface area contributed by atoms with Crippen LogP contribution in [0.1, 0.15) is 38.2 Å². The van der Waals surface area contributed by atoms with Crippen LogP contribution in [0.3, 0.4) is 0 Å². The van der Waals surface area contributed by atoms with Gasteiger partial charge in [-0.2, -0.15) is 11.8 Å². The Morgan fingerprint density at radius 1 is 1.28 bits per heavy atom. The van der Waals surface area contributed by atoms with E-state index in [1.165, 1.54) is 24.9 Å². The normalized spacial score (nSPS) is 22.6. The fourth-order valence-electron chi connectivity index (χ4n) is 4.07. The summed E-state index contributed by atoms with van der Waals surface area (Å²) in [5.41, 5.74) is 1.39.